The number of cyclic esters (lactones) is 2. The molecule has 6 heteroatoms. The molecule has 5 aliphatic rings. The third kappa shape index (κ3) is 1.72. The van der Waals surface area contributed by atoms with Crippen molar-refractivity contribution in [1.29, 1.82) is 0 Å². The Kier molecular flexibility index (Phi) is 3.48. The lowest BCUT2D eigenvalue weighted by atomic mass is 9.42. The third-order valence-corrected chi connectivity index (χ3v) is 9.82. The van der Waals surface area contributed by atoms with Gasteiger partial charge in [-0.25, -0.2) is 4.79 Å². The lowest BCUT2D eigenvalue weighted by Gasteiger charge is -2.60. The van der Waals surface area contributed by atoms with Gasteiger partial charge in [0, 0.05) is 16.9 Å². The molecule has 0 unspecified atom stereocenters. The fourth-order valence-corrected chi connectivity index (χ4v) is 7.95. The number of carbonyl (C=O) groups is 3. The topological polar surface area (TPSA) is 89.9 Å². The second-order valence-electron chi connectivity index (χ2n) is 11.1. The maximum atomic E-state index is 13.8. The van der Waals surface area contributed by atoms with E-state index < -0.39 is 44.9 Å². The number of aliphatic hydroxyl groups is 1. The minimum absolute atomic E-state index is 0.373. The molecule has 2 spiro atoms. The molecule has 2 heterocycles. The van der Waals surface area contributed by atoms with Crippen LogP contribution in [0.1, 0.15) is 60.8 Å². The lowest BCUT2D eigenvalue weighted by Crippen LogP contribution is -2.63. The van der Waals surface area contributed by atoms with E-state index in [-0.39, 0.29) is 11.8 Å². The fraction of sp³-hybridized carbons (Fsp3) is 0.640. The van der Waals surface area contributed by atoms with Gasteiger partial charge in [-0.05, 0) is 59.5 Å². The number of rotatable bonds is 0. The zero-order valence-corrected chi connectivity index (χ0v) is 19.0. The average molecular weight is 427 g/mol. The molecule has 0 aromatic carbocycles. The van der Waals surface area contributed by atoms with E-state index in [2.05, 4.69) is 6.58 Å². The standard InChI is InChI=1S/C25H30O6/c1-13-16-12-21(6)14(2)24(19(28)30-15(3)25(24,29)18(21)27)22(16,7)10-11-23(13)9-8-17(26)31-20(23,4)5/h8-9,15,29H,2,10-12H2,1,3-7H3/t15-,21-,22+,23+,24+,25-/m0/s1. The van der Waals surface area contributed by atoms with E-state index >= 15 is 0 Å². The summed E-state index contributed by atoms with van der Waals surface area (Å²) in [6.45, 7) is 15.4. The van der Waals surface area contributed by atoms with Crippen molar-refractivity contribution in [3.63, 3.8) is 0 Å². The Morgan fingerprint density at radius 1 is 1.13 bits per heavy atom. The van der Waals surface area contributed by atoms with Crippen LogP contribution in [-0.2, 0) is 23.9 Å². The number of ether oxygens (including phenoxy) is 2. The van der Waals surface area contributed by atoms with Crippen molar-refractivity contribution in [2.45, 2.75) is 78.1 Å². The van der Waals surface area contributed by atoms with Crippen LogP contribution in [0.15, 0.2) is 35.5 Å². The van der Waals surface area contributed by atoms with Gasteiger partial charge in [-0.1, -0.05) is 30.7 Å². The van der Waals surface area contributed by atoms with Crippen molar-refractivity contribution >= 4 is 17.7 Å². The van der Waals surface area contributed by atoms with Crippen molar-refractivity contribution in [2.24, 2.45) is 21.7 Å². The maximum absolute atomic E-state index is 13.8. The molecule has 1 saturated heterocycles. The first-order valence-electron chi connectivity index (χ1n) is 11.0. The molecule has 5 rings (SSSR count). The number of ketones is 1. The zero-order valence-electron chi connectivity index (χ0n) is 19.0. The van der Waals surface area contributed by atoms with E-state index in [0.29, 0.717) is 24.8 Å². The highest BCUT2D eigenvalue weighted by molar-refractivity contribution is 6.11. The third-order valence-electron chi connectivity index (χ3n) is 9.82. The number of allylic oxidation sites excluding steroid dienone is 1. The predicted octanol–water partition coefficient (Wildman–Crippen LogP) is 3.19. The summed E-state index contributed by atoms with van der Waals surface area (Å²) in [6.07, 6.45) is 3.98. The average Bonchev–Trinajstić information content (AvgIpc) is 2.93. The van der Waals surface area contributed by atoms with Crippen molar-refractivity contribution in [1.82, 2.24) is 0 Å². The molecule has 2 aliphatic heterocycles. The summed E-state index contributed by atoms with van der Waals surface area (Å²) in [4.78, 5) is 39.3. The number of carbonyl (C=O) groups excluding carboxylic acids is 3. The molecule has 3 aliphatic carbocycles. The van der Waals surface area contributed by atoms with Crippen LogP contribution in [0, 0.1) is 21.7 Å². The maximum Gasteiger partial charge on any atom is 0.331 e. The first-order valence-corrected chi connectivity index (χ1v) is 11.0. The molecule has 0 aromatic rings. The largest absolute Gasteiger partial charge is 0.458 e. The summed E-state index contributed by atoms with van der Waals surface area (Å²) in [7, 11) is 0. The minimum Gasteiger partial charge on any atom is -0.458 e. The summed E-state index contributed by atoms with van der Waals surface area (Å²) in [6, 6.07) is 0. The quantitative estimate of drug-likeness (QED) is 0.473. The molecule has 6 atom stereocenters. The molecule has 6 nitrogen and oxygen atoms in total. The normalized spacial score (nSPS) is 49.8. The van der Waals surface area contributed by atoms with Crippen LogP contribution in [0.25, 0.3) is 0 Å². The molecule has 31 heavy (non-hydrogen) atoms. The van der Waals surface area contributed by atoms with Crippen molar-refractivity contribution in [2.75, 3.05) is 0 Å². The SMILES string of the molecule is C=C1[C@]2(C)CC3=C(C)[C@@]4(C=CC(=O)OC4(C)C)CC[C@@]3(C)[C@]13C(=O)O[C@@H](C)[C@]3(O)C2=O. The Labute approximate surface area is 182 Å². The van der Waals surface area contributed by atoms with Gasteiger partial charge in [0.05, 0.1) is 5.41 Å². The molecule has 3 fully saturated rings. The van der Waals surface area contributed by atoms with Crippen molar-refractivity contribution < 1.29 is 29.0 Å². The van der Waals surface area contributed by atoms with Gasteiger partial charge in [0.2, 0.25) is 0 Å². The van der Waals surface area contributed by atoms with Crippen LogP contribution >= 0.6 is 0 Å². The summed E-state index contributed by atoms with van der Waals surface area (Å²) >= 11 is 0. The Hall–Kier alpha value is -2.21. The van der Waals surface area contributed by atoms with Gasteiger partial charge in [-0.15, -0.1) is 0 Å². The molecule has 0 radical (unpaired) electrons. The van der Waals surface area contributed by atoms with Crippen LogP contribution in [-0.4, -0.2) is 40.1 Å². The highest BCUT2D eigenvalue weighted by Crippen LogP contribution is 2.78. The molecule has 166 valence electrons. The van der Waals surface area contributed by atoms with E-state index in [1.165, 1.54) is 6.08 Å². The number of Topliss-reactive ketones (excluding diaryl/α,β-unsaturated/α-hetero) is 1. The Balaban J connectivity index is 1.85. The summed E-state index contributed by atoms with van der Waals surface area (Å²) < 4.78 is 11.3. The molecule has 0 amide bonds. The van der Waals surface area contributed by atoms with Crippen LogP contribution < -0.4 is 0 Å². The van der Waals surface area contributed by atoms with Gasteiger partial charge in [0.25, 0.3) is 0 Å². The van der Waals surface area contributed by atoms with Gasteiger partial charge in [-0.2, -0.15) is 0 Å². The fourth-order valence-electron chi connectivity index (χ4n) is 7.95. The molecule has 2 bridgehead atoms. The number of hydrogen-bond donors (Lipinski definition) is 1. The number of hydrogen-bond acceptors (Lipinski definition) is 6. The molecule has 0 aromatic heterocycles. The van der Waals surface area contributed by atoms with E-state index in [0.717, 1.165) is 11.1 Å². The summed E-state index contributed by atoms with van der Waals surface area (Å²) in [5.74, 6) is -1.31. The lowest BCUT2D eigenvalue weighted by molar-refractivity contribution is -0.166. The number of fused-ring (bicyclic) bond motifs is 2. The van der Waals surface area contributed by atoms with Crippen LogP contribution in [0.5, 0.6) is 0 Å². The number of esters is 2. The van der Waals surface area contributed by atoms with Crippen LogP contribution in [0.3, 0.4) is 0 Å². The van der Waals surface area contributed by atoms with Gasteiger partial charge >= 0.3 is 11.9 Å². The van der Waals surface area contributed by atoms with E-state index in [1.807, 2.05) is 33.8 Å². The molecular weight excluding hydrogens is 396 g/mol. The highest BCUT2D eigenvalue weighted by atomic mass is 16.6. The highest BCUT2D eigenvalue weighted by Gasteiger charge is 2.87. The second-order valence-corrected chi connectivity index (χ2v) is 11.1. The van der Waals surface area contributed by atoms with E-state index in [4.69, 9.17) is 9.47 Å². The Bertz CT molecular complexity index is 1060. The van der Waals surface area contributed by atoms with Crippen LogP contribution in [0.2, 0.25) is 0 Å². The monoisotopic (exact) mass is 426 g/mol. The Morgan fingerprint density at radius 2 is 1.77 bits per heavy atom. The summed E-state index contributed by atoms with van der Waals surface area (Å²) in [5, 5.41) is 11.9. The van der Waals surface area contributed by atoms with Gasteiger partial charge in [-0.3, -0.25) is 9.59 Å². The van der Waals surface area contributed by atoms with Crippen molar-refractivity contribution in [3.05, 3.63) is 35.5 Å². The first kappa shape index (κ1) is 20.7. The molecule has 1 N–H and O–H groups in total. The molecule has 2 saturated carbocycles. The smallest absolute Gasteiger partial charge is 0.331 e. The Morgan fingerprint density at radius 3 is 2.39 bits per heavy atom. The van der Waals surface area contributed by atoms with Gasteiger partial charge in [0.15, 0.2) is 11.4 Å². The van der Waals surface area contributed by atoms with Gasteiger partial charge in [0.1, 0.15) is 17.1 Å². The van der Waals surface area contributed by atoms with E-state index in [1.54, 1.807) is 13.8 Å². The van der Waals surface area contributed by atoms with Crippen LogP contribution in [0.4, 0.5) is 0 Å². The molecular formula is C25H30O6. The minimum atomic E-state index is -1.94. The second kappa shape index (κ2) is 5.22. The predicted molar refractivity (Wildman–Crippen MR) is 112 cm³/mol. The zero-order chi connectivity index (χ0) is 23.0. The summed E-state index contributed by atoms with van der Waals surface area (Å²) in [5.41, 5.74) is -4.23. The van der Waals surface area contributed by atoms with E-state index in [9.17, 15) is 19.5 Å². The van der Waals surface area contributed by atoms with Crippen molar-refractivity contribution in [3.8, 4) is 0 Å². The first-order chi connectivity index (χ1) is 14.2. The van der Waals surface area contributed by atoms with Gasteiger partial charge < -0.3 is 14.6 Å².